The van der Waals surface area contributed by atoms with E-state index in [0.29, 0.717) is 6.61 Å². The van der Waals surface area contributed by atoms with Gasteiger partial charge in [0.05, 0.1) is 12.8 Å². The summed E-state index contributed by atoms with van der Waals surface area (Å²) >= 11 is 13.0. The molecule has 0 amide bonds. The molecule has 0 atom stereocenters. The Kier molecular flexibility index (Phi) is 11.4. The number of benzene rings is 4. The van der Waals surface area contributed by atoms with E-state index >= 15 is 0 Å². The summed E-state index contributed by atoms with van der Waals surface area (Å²) in [6.45, 7) is 2.71. The fourth-order valence-electron chi connectivity index (χ4n) is 3.90. The van der Waals surface area contributed by atoms with Crippen molar-refractivity contribution in [1.29, 1.82) is 0 Å². The van der Waals surface area contributed by atoms with Crippen LogP contribution < -0.4 is 20.7 Å². The molecule has 0 aliphatic carbocycles. The number of hydrogen-bond acceptors (Lipinski definition) is 1. The van der Waals surface area contributed by atoms with Gasteiger partial charge in [-0.15, -0.1) is 0 Å². The van der Waals surface area contributed by atoms with Gasteiger partial charge in [0.1, 0.15) is 28.9 Å². The zero-order chi connectivity index (χ0) is 24.4. The van der Waals surface area contributed by atoms with Gasteiger partial charge in [0.2, 0.25) is 0 Å². The van der Waals surface area contributed by atoms with Crippen molar-refractivity contribution < 1.29 is 10.4 Å². The molecule has 0 fully saturated rings. The summed E-state index contributed by atoms with van der Waals surface area (Å²) < 4.78 is 5.65. The van der Waals surface area contributed by atoms with Crippen molar-refractivity contribution in [3.63, 3.8) is 0 Å². The van der Waals surface area contributed by atoms with E-state index in [-0.39, 0.29) is 0 Å². The van der Waals surface area contributed by atoms with Crippen molar-refractivity contribution in [3.8, 4) is 5.75 Å². The van der Waals surface area contributed by atoms with Gasteiger partial charge < -0.3 is 4.74 Å². The third-order valence-corrected chi connectivity index (χ3v) is 9.62. The van der Waals surface area contributed by atoms with Crippen LogP contribution in [0, 0.1) is 0 Å². The Labute approximate surface area is 234 Å². The predicted molar refractivity (Wildman–Crippen MR) is 162 cm³/mol. The average Bonchev–Trinajstić information content (AvgIpc) is 2.84. The van der Waals surface area contributed by atoms with Crippen molar-refractivity contribution in [2.75, 3.05) is 6.61 Å². The molecule has 0 aromatic heterocycles. The van der Waals surface area contributed by atoms with Gasteiger partial charge in [-0.3, -0.25) is 0 Å². The van der Waals surface area contributed by atoms with Gasteiger partial charge in [0.15, 0.2) is 0 Å². The van der Waals surface area contributed by atoms with Crippen LogP contribution in [0.4, 0.5) is 0 Å². The Bertz CT molecular complexity index is 1020. The van der Waals surface area contributed by atoms with E-state index in [1.54, 1.807) is 0 Å². The van der Waals surface area contributed by atoms with Gasteiger partial charge in [-0.1, -0.05) is 66.7 Å². The van der Waals surface area contributed by atoms with E-state index in [0.717, 1.165) is 11.9 Å². The van der Waals surface area contributed by atoms with Gasteiger partial charge in [-0.2, -0.15) is 0 Å². The molecule has 0 N–H and O–H groups in total. The molecular weight excluding hydrogens is 747 g/mol. The second-order valence-corrected chi connectivity index (χ2v) is 44.3. The molecule has 0 spiro atoms. The van der Waals surface area contributed by atoms with Gasteiger partial charge in [0.25, 0.3) is 0 Å². The molecule has 4 rings (SSSR count). The van der Waals surface area contributed by atoms with Crippen LogP contribution in [0.2, 0.25) is 0 Å². The first-order valence-electron chi connectivity index (χ1n) is 10.6. The summed E-state index contributed by atoms with van der Waals surface area (Å²) in [6.07, 6.45) is 0.984. The van der Waals surface area contributed by atoms with Crippen LogP contribution in [0.1, 0.15) is 12.5 Å². The van der Waals surface area contributed by atoms with Gasteiger partial charge in [-0.05, 0) is 61.0 Å². The molecule has 1 nitrogen and oxygen atoms in total. The standard InChI is InChI=1S/C27H26OP.4BrH.Fe/c1-2-28-24-20-18-23(19-21-24)22-29(25-12-6-3-7-13-25,26-14-8-4-9-15-26)27-16-10-5-11-17-27;;;;;/h3-21H,2,22H2,1H3;4*1H;/q+1;;;;;+3/p-4. The van der Waals surface area contributed by atoms with E-state index in [4.69, 9.17) is 4.74 Å². The number of rotatable bonds is 7. The first kappa shape index (κ1) is 28.1. The monoisotopic (exact) mass is 769 g/mol. The third kappa shape index (κ3) is 8.30. The molecule has 0 aliphatic heterocycles. The minimum absolute atomic E-state index is 0.689. The van der Waals surface area contributed by atoms with Crippen LogP contribution in [0.5, 0.6) is 5.75 Å². The molecule has 4 aromatic carbocycles. The van der Waals surface area contributed by atoms with Crippen LogP contribution in [-0.2, 0) is 11.8 Å². The van der Waals surface area contributed by atoms with E-state index < -0.39 is 12.9 Å². The quantitative estimate of drug-likeness (QED) is 0.135. The molecule has 34 heavy (non-hydrogen) atoms. The molecule has 0 saturated heterocycles. The summed E-state index contributed by atoms with van der Waals surface area (Å²) in [6, 6.07) is 41.7. The minimum atomic E-state index is -1.85. The number of hydrogen-bond donors (Lipinski definition) is 0. The SMILES string of the molecule is CCOc1ccc(C[P+](c2ccccc2)(c2ccccc2)c2ccccc2)cc1.[Br][Fe-]([Br])([Br])[Br]. The predicted octanol–water partition coefficient (Wildman–Crippen LogP) is 8.96. The fraction of sp³-hybridized carbons (Fsp3) is 0.111. The average molecular weight is 773 g/mol. The number of ether oxygens (including phenoxy) is 1. The Morgan fingerprint density at radius 2 is 0.941 bits per heavy atom. The van der Waals surface area contributed by atoms with Gasteiger partial charge in [0, 0.05) is 0 Å². The molecule has 7 heteroatoms. The zero-order valence-corrected chi connectivity index (χ0v) is 26.9. The third-order valence-electron chi connectivity index (χ3n) is 5.25. The molecule has 0 bridgehead atoms. The molecular formula is C27H26Br4FeOP. The molecule has 181 valence electrons. The van der Waals surface area contributed by atoms with Crippen LogP contribution in [0.25, 0.3) is 0 Å². The van der Waals surface area contributed by atoms with Crippen molar-refractivity contribution >= 4 is 79.6 Å². The Hall–Kier alpha value is -0.451. The zero-order valence-electron chi connectivity index (χ0n) is 18.6. The van der Waals surface area contributed by atoms with Crippen molar-refractivity contribution in [2.24, 2.45) is 0 Å². The Balaban J connectivity index is 0.000000588. The molecule has 0 radical (unpaired) electrons. The topological polar surface area (TPSA) is 9.23 Å². The Morgan fingerprint density at radius 1 is 0.588 bits per heavy atom. The molecule has 0 aliphatic rings. The van der Waals surface area contributed by atoms with E-state index in [9.17, 15) is 0 Å². The van der Waals surface area contributed by atoms with Gasteiger partial charge >= 0.3 is 62.1 Å². The maximum atomic E-state index is 5.65. The normalized spacial score (nSPS) is 11.8. The summed E-state index contributed by atoms with van der Waals surface area (Å²) in [5, 5.41) is 4.23. The first-order chi connectivity index (χ1) is 16.3. The fourth-order valence-corrected chi connectivity index (χ4v) is 8.14. The van der Waals surface area contributed by atoms with E-state index in [1.807, 2.05) is 6.92 Å². The van der Waals surface area contributed by atoms with Crippen molar-refractivity contribution in [1.82, 2.24) is 0 Å². The van der Waals surface area contributed by atoms with E-state index in [1.165, 1.54) is 21.5 Å². The second kappa shape index (κ2) is 13.7. The molecule has 4 aromatic rings. The molecule has 0 unspecified atom stereocenters. The first-order valence-corrected chi connectivity index (χ1v) is 23.5. The maximum absolute atomic E-state index is 5.65. The molecule has 0 heterocycles. The van der Waals surface area contributed by atoms with Crippen LogP contribution in [-0.4, -0.2) is 6.61 Å². The van der Waals surface area contributed by atoms with Crippen LogP contribution in [0.15, 0.2) is 115 Å². The van der Waals surface area contributed by atoms with Crippen molar-refractivity contribution in [2.45, 2.75) is 13.1 Å². The summed E-state index contributed by atoms with van der Waals surface area (Å²) in [7, 11) is -1.85. The molecule has 0 saturated carbocycles. The van der Waals surface area contributed by atoms with Crippen LogP contribution >= 0.6 is 63.7 Å². The van der Waals surface area contributed by atoms with Crippen molar-refractivity contribution in [3.05, 3.63) is 121 Å². The summed E-state index contributed by atoms with van der Waals surface area (Å²) in [5.74, 6) is 0.930. The second-order valence-electron chi connectivity index (χ2n) is 7.35. The summed E-state index contributed by atoms with van der Waals surface area (Å²) in [4.78, 5) is 0. The van der Waals surface area contributed by atoms with E-state index in [2.05, 4.69) is 172 Å². The summed E-state index contributed by atoms with van der Waals surface area (Å²) in [5.41, 5.74) is 0.0818. The Morgan fingerprint density at radius 3 is 1.26 bits per heavy atom. The van der Waals surface area contributed by atoms with Gasteiger partial charge in [-0.25, -0.2) is 0 Å². The number of halogens is 4. The van der Waals surface area contributed by atoms with Crippen LogP contribution in [0.3, 0.4) is 0 Å².